The Morgan fingerprint density at radius 3 is 2.62 bits per heavy atom. The van der Waals surface area contributed by atoms with Crippen molar-refractivity contribution in [3.8, 4) is 17.0 Å². The number of nitrogen functional groups attached to an aromatic ring is 1. The van der Waals surface area contributed by atoms with Crippen LogP contribution in [-0.4, -0.2) is 27.2 Å². The van der Waals surface area contributed by atoms with Crippen LogP contribution in [0.3, 0.4) is 0 Å². The van der Waals surface area contributed by atoms with Gasteiger partial charge in [0.25, 0.3) is 5.91 Å². The first kappa shape index (κ1) is 20.9. The molecule has 0 bridgehead atoms. The van der Waals surface area contributed by atoms with Gasteiger partial charge in [0.2, 0.25) is 0 Å². The van der Waals surface area contributed by atoms with Crippen molar-refractivity contribution in [1.82, 2.24) is 15.2 Å². The Morgan fingerprint density at radius 1 is 1.31 bits per heavy atom. The van der Waals surface area contributed by atoms with Gasteiger partial charge in [0.15, 0.2) is 0 Å². The average molecular weight is 438 g/mol. The van der Waals surface area contributed by atoms with E-state index >= 15 is 0 Å². The van der Waals surface area contributed by atoms with E-state index < -0.39 is 11.7 Å². The summed E-state index contributed by atoms with van der Waals surface area (Å²) in [5, 5.41) is 9.54. The van der Waals surface area contributed by atoms with Gasteiger partial charge >= 0.3 is 0 Å². The summed E-state index contributed by atoms with van der Waals surface area (Å²) in [4.78, 5) is 17.1. The molecule has 3 aromatic rings. The molecule has 152 valence electrons. The largest absolute Gasteiger partial charge is 0.489 e. The zero-order valence-corrected chi connectivity index (χ0v) is 17.3. The van der Waals surface area contributed by atoms with Gasteiger partial charge in [-0.25, -0.2) is 9.37 Å². The van der Waals surface area contributed by atoms with Crippen LogP contribution in [0.5, 0.6) is 5.75 Å². The Balaban J connectivity index is 2.14. The fraction of sp³-hybridized carbons (Fsp3) is 0.211. The van der Waals surface area contributed by atoms with Gasteiger partial charge in [0.1, 0.15) is 28.2 Å². The van der Waals surface area contributed by atoms with E-state index in [-0.39, 0.29) is 39.0 Å². The summed E-state index contributed by atoms with van der Waals surface area (Å²) in [6.07, 6.45) is -0.297. The lowest BCUT2D eigenvalue weighted by Gasteiger charge is -2.18. The van der Waals surface area contributed by atoms with E-state index in [2.05, 4.69) is 20.5 Å². The number of nitrogens with one attached hydrogen (secondary N) is 2. The monoisotopic (exact) mass is 437 g/mol. The maximum atomic E-state index is 14.4. The highest BCUT2D eigenvalue weighted by Crippen LogP contribution is 2.36. The Morgan fingerprint density at radius 2 is 2.03 bits per heavy atom. The Bertz CT molecular complexity index is 1070. The topological polar surface area (TPSA) is 106 Å². The number of aromatic amines is 1. The Labute approximate surface area is 176 Å². The van der Waals surface area contributed by atoms with Crippen LogP contribution in [0.25, 0.3) is 11.3 Å². The maximum Gasteiger partial charge on any atom is 0.259 e. The minimum atomic E-state index is -0.647. The molecule has 0 radical (unpaired) electrons. The van der Waals surface area contributed by atoms with Crippen molar-refractivity contribution in [3.63, 3.8) is 0 Å². The average Bonchev–Trinajstić information content (AvgIpc) is 2.96. The molecule has 0 unspecified atom stereocenters. The number of rotatable bonds is 5. The Hall–Kier alpha value is -2.84. The first-order valence-corrected chi connectivity index (χ1v) is 9.37. The summed E-state index contributed by atoms with van der Waals surface area (Å²) in [6, 6.07) is 5.41. The van der Waals surface area contributed by atoms with Gasteiger partial charge in [-0.05, 0) is 45.0 Å². The van der Waals surface area contributed by atoms with Gasteiger partial charge in [0.05, 0.1) is 28.1 Å². The number of aromatic nitrogens is 3. The lowest BCUT2D eigenvalue weighted by atomic mass is 10.0. The maximum absolute atomic E-state index is 14.4. The smallest absolute Gasteiger partial charge is 0.259 e. The van der Waals surface area contributed by atoms with Crippen LogP contribution >= 0.6 is 23.2 Å². The summed E-state index contributed by atoms with van der Waals surface area (Å²) in [5.74, 6) is -1.03. The number of ether oxygens (including phenoxy) is 1. The number of H-pyrrole nitrogens is 1. The number of benzene rings is 1. The standard InChI is InChI=1S/C19H18Cl2FN5O2/c1-8(2)29-16-11(14-5-4-13(20)18(23)24-14)6-10(22)7-12(16)19(28)25-15-9(3)26-27-17(15)21/h4-8H,1-3H3,(H2,23,24)(H,25,28)(H,26,27). The molecular weight excluding hydrogens is 420 g/mol. The zero-order chi connectivity index (χ0) is 21.3. The summed E-state index contributed by atoms with van der Waals surface area (Å²) >= 11 is 12.0. The van der Waals surface area contributed by atoms with E-state index in [9.17, 15) is 9.18 Å². The molecule has 29 heavy (non-hydrogen) atoms. The fourth-order valence-corrected chi connectivity index (χ4v) is 2.98. The van der Waals surface area contributed by atoms with Crippen molar-refractivity contribution < 1.29 is 13.9 Å². The van der Waals surface area contributed by atoms with Gasteiger partial charge in [0, 0.05) is 5.56 Å². The summed E-state index contributed by atoms with van der Waals surface area (Å²) in [6.45, 7) is 5.24. The molecule has 0 saturated heterocycles. The molecule has 4 N–H and O–H groups in total. The lowest BCUT2D eigenvalue weighted by molar-refractivity contribution is 0.102. The molecule has 0 fully saturated rings. The molecule has 10 heteroatoms. The molecule has 0 aliphatic carbocycles. The number of nitrogens with two attached hydrogens (primary N) is 1. The number of anilines is 2. The second-order valence-corrected chi connectivity index (χ2v) is 7.30. The van der Waals surface area contributed by atoms with Gasteiger partial charge in [-0.3, -0.25) is 9.89 Å². The van der Waals surface area contributed by atoms with E-state index in [4.69, 9.17) is 33.7 Å². The fourth-order valence-electron chi connectivity index (χ4n) is 2.65. The van der Waals surface area contributed by atoms with Crippen molar-refractivity contribution in [2.24, 2.45) is 0 Å². The molecule has 0 spiro atoms. The van der Waals surface area contributed by atoms with Gasteiger partial charge < -0.3 is 15.8 Å². The molecule has 2 aromatic heterocycles. The number of amides is 1. The quantitative estimate of drug-likeness (QED) is 0.528. The van der Waals surface area contributed by atoms with Crippen molar-refractivity contribution in [2.75, 3.05) is 11.1 Å². The molecule has 0 aliphatic rings. The van der Waals surface area contributed by atoms with E-state index in [1.54, 1.807) is 26.8 Å². The third-order valence-electron chi connectivity index (χ3n) is 3.94. The normalized spacial score (nSPS) is 11.0. The summed E-state index contributed by atoms with van der Waals surface area (Å²) in [5.41, 5.74) is 7.12. The first-order valence-electron chi connectivity index (χ1n) is 8.61. The highest BCUT2D eigenvalue weighted by molar-refractivity contribution is 6.33. The number of carbonyl (C=O) groups is 1. The molecule has 0 atom stereocenters. The number of aryl methyl sites for hydroxylation is 1. The van der Waals surface area contributed by atoms with E-state index in [0.717, 1.165) is 6.07 Å². The number of pyridine rings is 1. The van der Waals surface area contributed by atoms with Crippen molar-refractivity contribution in [1.29, 1.82) is 0 Å². The van der Waals surface area contributed by atoms with Crippen molar-refractivity contribution in [2.45, 2.75) is 26.9 Å². The molecule has 1 aromatic carbocycles. The number of hydrogen-bond donors (Lipinski definition) is 3. The van der Waals surface area contributed by atoms with Crippen molar-refractivity contribution >= 4 is 40.6 Å². The molecule has 0 saturated carbocycles. The number of carbonyl (C=O) groups excluding carboxylic acids is 1. The molecule has 3 rings (SSSR count). The SMILES string of the molecule is Cc1n[nH]c(Cl)c1NC(=O)c1cc(F)cc(-c2ccc(Cl)c(N)n2)c1OC(C)C. The van der Waals surface area contributed by atoms with Gasteiger partial charge in [-0.15, -0.1) is 0 Å². The first-order chi connectivity index (χ1) is 13.7. The van der Waals surface area contributed by atoms with Gasteiger partial charge in [-0.2, -0.15) is 5.10 Å². The van der Waals surface area contributed by atoms with E-state index in [1.807, 2.05) is 0 Å². The van der Waals surface area contributed by atoms with E-state index in [0.29, 0.717) is 17.1 Å². The summed E-state index contributed by atoms with van der Waals surface area (Å²) in [7, 11) is 0. The number of halogens is 3. The third-order valence-corrected chi connectivity index (χ3v) is 4.54. The molecule has 2 heterocycles. The molecule has 0 aliphatic heterocycles. The van der Waals surface area contributed by atoms with Crippen LogP contribution in [0.1, 0.15) is 29.9 Å². The zero-order valence-electron chi connectivity index (χ0n) is 15.8. The van der Waals surface area contributed by atoms with Gasteiger partial charge in [-0.1, -0.05) is 23.2 Å². The van der Waals surface area contributed by atoms with Crippen LogP contribution in [0.4, 0.5) is 15.9 Å². The second-order valence-electron chi connectivity index (χ2n) is 6.51. The predicted molar refractivity (Wildman–Crippen MR) is 111 cm³/mol. The van der Waals surface area contributed by atoms with Crippen molar-refractivity contribution in [3.05, 3.63) is 51.5 Å². The highest BCUT2D eigenvalue weighted by atomic mass is 35.5. The third kappa shape index (κ3) is 4.44. The predicted octanol–water partition coefficient (Wildman–Crippen LogP) is 4.85. The Kier molecular flexibility index (Phi) is 5.95. The minimum absolute atomic E-state index is 0.0271. The molecule has 1 amide bonds. The molecule has 7 nitrogen and oxygen atoms in total. The van der Waals surface area contributed by atoms with Crippen LogP contribution in [-0.2, 0) is 0 Å². The highest BCUT2D eigenvalue weighted by Gasteiger charge is 2.23. The van der Waals surface area contributed by atoms with Crippen LogP contribution < -0.4 is 15.8 Å². The minimum Gasteiger partial charge on any atom is -0.489 e. The lowest BCUT2D eigenvalue weighted by Crippen LogP contribution is -2.17. The number of nitrogens with zero attached hydrogens (tertiary/aromatic N) is 2. The van der Waals surface area contributed by atoms with E-state index in [1.165, 1.54) is 12.1 Å². The van der Waals surface area contributed by atoms with Crippen LogP contribution in [0, 0.1) is 12.7 Å². The molecular formula is C19H18Cl2FN5O2. The second kappa shape index (κ2) is 8.26. The summed E-state index contributed by atoms with van der Waals surface area (Å²) < 4.78 is 20.3. The number of hydrogen-bond acceptors (Lipinski definition) is 5. The van der Waals surface area contributed by atoms with Crippen LogP contribution in [0.15, 0.2) is 24.3 Å². The van der Waals surface area contributed by atoms with Crippen LogP contribution in [0.2, 0.25) is 10.2 Å².